The highest BCUT2D eigenvalue weighted by molar-refractivity contribution is 5.97. The quantitative estimate of drug-likeness (QED) is 0.117. The lowest BCUT2D eigenvalue weighted by atomic mass is 10.1. The summed E-state index contributed by atoms with van der Waals surface area (Å²) < 4.78 is 3.97. The minimum atomic E-state index is -0.115. The van der Waals surface area contributed by atoms with Crippen molar-refractivity contribution in [2.75, 3.05) is 27.2 Å². The Bertz CT molecular complexity index is 1790. The van der Waals surface area contributed by atoms with Gasteiger partial charge < -0.3 is 9.80 Å². The van der Waals surface area contributed by atoms with Crippen LogP contribution in [0.25, 0.3) is 0 Å². The van der Waals surface area contributed by atoms with Crippen LogP contribution in [0.4, 0.5) is 22.7 Å². The van der Waals surface area contributed by atoms with E-state index in [0.717, 1.165) is 22.7 Å². The topological polar surface area (TPSA) is 97.8 Å². The second-order valence-electron chi connectivity index (χ2n) is 10.7. The van der Waals surface area contributed by atoms with Gasteiger partial charge in [0.15, 0.2) is 37.9 Å². The minimum Gasteiger partial charge on any atom is -0.335 e. The third-order valence-electron chi connectivity index (χ3n) is 7.25. The molecule has 0 spiro atoms. The summed E-state index contributed by atoms with van der Waals surface area (Å²) in [7, 11) is 3.54. The van der Waals surface area contributed by atoms with E-state index in [1.54, 1.807) is 48.2 Å². The second-order valence-corrected chi connectivity index (χ2v) is 10.7. The largest absolute Gasteiger partial charge is 0.335 e. The van der Waals surface area contributed by atoms with Crippen LogP contribution in [0.2, 0.25) is 0 Å². The maximum Gasteiger partial charge on any atom is 0.253 e. The Balaban J connectivity index is 1.08. The van der Waals surface area contributed by atoms with Gasteiger partial charge in [-0.05, 0) is 54.6 Å². The highest BCUT2D eigenvalue weighted by atomic mass is 16.2. The van der Waals surface area contributed by atoms with Gasteiger partial charge in [-0.25, -0.2) is 9.13 Å². The number of nitrogens with zero attached hydrogens (tertiary/aromatic N) is 8. The Morgan fingerprint density at radius 1 is 0.500 bits per heavy atom. The van der Waals surface area contributed by atoms with E-state index in [9.17, 15) is 9.59 Å². The zero-order valence-corrected chi connectivity index (χ0v) is 25.9. The summed E-state index contributed by atoms with van der Waals surface area (Å²) in [6.07, 6.45) is 7.67. The normalized spacial score (nSPS) is 11.2. The van der Waals surface area contributed by atoms with Crippen LogP contribution in [-0.4, -0.2) is 48.8 Å². The van der Waals surface area contributed by atoms with Gasteiger partial charge in [0.2, 0.25) is 0 Å². The lowest BCUT2D eigenvalue weighted by Gasteiger charge is -2.17. The summed E-state index contributed by atoms with van der Waals surface area (Å²) in [5.74, 6) is -0.224. The van der Waals surface area contributed by atoms with Crippen molar-refractivity contribution in [1.29, 1.82) is 0 Å². The Morgan fingerprint density at radius 2 is 0.913 bits per heavy atom. The number of hydrogen-bond acceptors (Lipinski definition) is 6. The molecule has 0 radical (unpaired) electrons. The molecule has 2 amide bonds. The van der Waals surface area contributed by atoms with E-state index < -0.39 is 0 Å². The zero-order valence-electron chi connectivity index (χ0n) is 25.9. The highest BCUT2D eigenvalue weighted by Crippen LogP contribution is 2.17. The predicted molar refractivity (Wildman–Crippen MR) is 175 cm³/mol. The van der Waals surface area contributed by atoms with Crippen LogP contribution in [0.3, 0.4) is 0 Å². The first-order valence-corrected chi connectivity index (χ1v) is 15.0. The van der Waals surface area contributed by atoms with E-state index in [2.05, 4.69) is 20.5 Å². The fourth-order valence-electron chi connectivity index (χ4n) is 4.52. The average Bonchev–Trinajstić information content (AvgIpc) is 3.12. The molecule has 2 heterocycles. The van der Waals surface area contributed by atoms with E-state index in [-0.39, 0.29) is 11.8 Å². The zero-order chi connectivity index (χ0) is 32.1. The molecule has 46 heavy (non-hydrogen) atoms. The van der Waals surface area contributed by atoms with E-state index in [1.807, 2.05) is 119 Å². The summed E-state index contributed by atoms with van der Waals surface area (Å²) in [6.45, 7) is 2.23. The number of likely N-dealkylation sites (N-methyl/N-ethyl adjacent to an activating group) is 2. The monoisotopic (exact) mass is 612 g/mol. The molecule has 0 saturated carbocycles. The molecule has 0 bridgehead atoms. The Kier molecular flexibility index (Phi) is 10.8. The highest BCUT2D eigenvalue weighted by Gasteiger charge is 2.17. The fraction of sp³-hybridized carbons (Fsp3) is 0.167. The van der Waals surface area contributed by atoms with E-state index in [1.165, 1.54) is 0 Å². The molecule has 2 aromatic heterocycles. The van der Waals surface area contributed by atoms with Crippen molar-refractivity contribution in [3.63, 3.8) is 0 Å². The molecule has 0 fully saturated rings. The maximum atomic E-state index is 13.1. The van der Waals surface area contributed by atoms with Crippen LogP contribution in [-0.2, 0) is 13.1 Å². The summed E-state index contributed by atoms with van der Waals surface area (Å²) in [4.78, 5) is 29.5. The molecule has 0 N–H and O–H groups in total. The van der Waals surface area contributed by atoms with Gasteiger partial charge in [-0.15, -0.1) is 5.11 Å². The number of carbonyl (C=O) groups is 2. The number of pyridine rings is 2. The summed E-state index contributed by atoms with van der Waals surface area (Å²) in [5.41, 5.74) is 4.11. The van der Waals surface area contributed by atoms with Crippen LogP contribution in [0.5, 0.6) is 0 Å². The Labute approximate surface area is 268 Å². The molecule has 0 saturated heterocycles. The van der Waals surface area contributed by atoms with Gasteiger partial charge in [0.25, 0.3) is 11.8 Å². The van der Waals surface area contributed by atoms with Crippen LogP contribution in [0.15, 0.2) is 154 Å². The van der Waals surface area contributed by atoms with Crippen molar-refractivity contribution in [3.8, 4) is 0 Å². The first-order valence-electron chi connectivity index (χ1n) is 15.0. The number of azo groups is 2. The van der Waals surface area contributed by atoms with Crippen LogP contribution < -0.4 is 9.13 Å². The van der Waals surface area contributed by atoms with Crippen molar-refractivity contribution in [2.45, 2.75) is 13.1 Å². The van der Waals surface area contributed by atoms with E-state index >= 15 is 0 Å². The second kappa shape index (κ2) is 15.7. The molecule has 0 aliphatic heterocycles. The Morgan fingerprint density at radius 3 is 1.41 bits per heavy atom. The number of rotatable bonds is 12. The first-order chi connectivity index (χ1) is 22.4. The summed E-state index contributed by atoms with van der Waals surface area (Å²) in [6, 6.07) is 33.5. The van der Waals surface area contributed by atoms with Crippen molar-refractivity contribution in [1.82, 2.24) is 9.80 Å². The molecule has 5 aromatic rings. The molecular formula is C36H36N8O2+2. The third-order valence-corrected chi connectivity index (χ3v) is 7.25. The smallest absolute Gasteiger partial charge is 0.253 e. The van der Waals surface area contributed by atoms with Crippen molar-refractivity contribution in [2.24, 2.45) is 20.5 Å². The van der Waals surface area contributed by atoms with Gasteiger partial charge in [0.1, 0.15) is 5.69 Å². The molecule has 230 valence electrons. The van der Waals surface area contributed by atoms with Gasteiger partial charge in [-0.1, -0.05) is 36.4 Å². The van der Waals surface area contributed by atoms with Gasteiger partial charge in [0.05, 0.1) is 30.2 Å². The number of amides is 2. The molecular weight excluding hydrogens is 576 g/mol. The third kappa shape index (κ3) is 9.06. The van der Waals surface area contributed by atoms with Gasteiger partial charge in [-0.2, -0.15) is 15.3 Å². The molecule has 3 aromatic carbocycles. The SMILES string of the molecule is CN(CC[n+]1ccc(N=Nc2ccccc2)cc1)C(=O)c1ccc(C(=O)N(C)CC[n+]2cccc(N=Nc3ccccc3)c2)cc1. The average molecular weight is 613 g/mol. The lowest BCUT2D eigenvalue weighted by Crippen LogP contribution is -2.41. The minimum absolute atomic E-state index is 0.109. The molecule has 0 aliphatic carbocycles. The summed E-state index contributed by atoms with van der Waals surface area (Å²) >= 11 is 0. The molecule has 0 atom stereocenters. The molecule has 0 unspecified atom stereocenters. The van der Waals surface area contributed by atoms with E-state index in [0.29, 0.717) is 37.3 Å². The van der Waals surface area contributed by atoms with Crippen LogP contribution >= 0.6 is 0 Å². The number of carbonyl (C=O) groups excluding carboxylic acids is 2. The molecule has 10 nitrogen and oxygen atoms in total. The number of hydrogen-bond donors (Lipinski definition) is 0. The van der Waals surface area contributed by atoms with Crippen LogP contribution in [0.1, 0.15) is 20.7 Å². The fourth-order valence-corrected chi connectivity index (χ4v) is 4.52. The number of aromatic nitrogens is 2. The standard InChI is InChI=1S/C36H36N8O2/c1-41(24-26-43-22-19-33(20-23-43)39-37-31-10-5-3-6-11-31)35(45)29-15-17-30(18-16-29)36(46)42(2)25-27-44-21-9-14-34(28-44)40-38-32-12-7-4-8-13-32/h3-23,28H,24-27H2,1-2H3/q+2. The van der Waals surface area contributed by atoms with Gasteiger partial charge in [-0.3, -0.25) is 9.59 Å². The maximum absolute atomic E-state index is 13.1. The number of benzene rings is 3. The molecule has 0 aliphatic rings. The van der Waals surface area contributed by atoms with E-state index in [4.69, 9.17) is 0 Å². The Hall–Kier alpha value is -5.90. The lowest BCUT2D eigenvalue weighted by molar-refractivity contribution is -0.696. The van der Waals surface area contributed by atoms with Crippen LogP contribution in [0, 0.1) is 0 Å². The first kappa shape index (κ1) is 31.5. The van der Waals surface area contributed by atoms with Crippen molar-refractivity contribution >= 4 is 34.6 Å². The van der Waals surface area contributed by atoms with Gasteiger partial charge in [0, 0.05) is 43.4 Å². The molecule has 5 rings (SSSR count). The van der Waals surface area contributed by atoms with Crippen molar-refractivity contribution in [3.05, 3.63) is 145 Å². The van der Waals surface area contributed by atoms with Crippen molar-refractivity contribution < 1.29 is 18.7 Å². The predicted octanol–water partition coefficient (Wildman–Crippen LogP) is 6.64. The molecule has 10 heteroatoms. The van der Waals surface area contributed by atoms with Gasteiger partial charge >= 0.3 is 0 Å². The summed E-state index contributed by atoms with van der Waals surface area (Å²) in [5, 5.41) is 17.1.